The molecule has 0 amide bonds. The van der Waals surface area contributed by atoms with Crippen LogP contribution in [0.4, 0.5) is 17.1 Å². The van der Waals surface area contributed by atoms with Crippen molar-refractivity contribution in [2.45, 2.75) is 21.6 Å². The molecule has 0 fully saturated rings. The summed E-state index contributed by atoms with van der Waals surface area (Å²) in [5.74, 6) is 0. The van der Waals surface area contributed by atoms with Gasteiger partial charge in [-0.2, -0.15) is 40.3 Å². The molecule has 0 aliphatic heterocycles. The molecular formula is C31H24N6O9S3. The molecule has 0 aliphatic rings. The Labute approximate surface area is 279 Å². The number of rotatable bonds is 8. The average molecular weight is 721 g/mol. The van der Waals surface area contributed by atoms with Crippen LogP contribution < -0.4 is 5.73 Å². The number of aromatic nitrogens is 3. The first-order chi connectivity index (χ1) is 23.0. The molecule has 5 N–H and O–H groups in total. The number of aryl methyl sites for hydroxylation is 1. The van der Waals surface area contributed by atoms with Crippen LogP contribution >= 0.6 is 0 Å². The maximum atomic E-state index is 12.5. The number of hydrogen-bond donors (Lipinski definition) is 4. The maximum Gasteiger partial charge on any atom is 0.295 e. The predicted molar refractivity (Wildman–Crippen MR) is 181 cm³/mol. The minimum absolute atomic E-state index is 0.0306. The molecule has 18 heteroatoms. The van der Waals surface area contributed by atoms with Crippen molar-refractivity contribution in [1.29, 1.82) is 0 Å². The normalized spacial score (nSPS) is 12.9. The first-order valence-electron chi connectivity index (χ1n) is 13.9. The van der Waals surface area contributed by atoms with E-state index in [1.165, 1.54) is 42.5 Å². The Morgan fingerprint density at radius 2 is 1.29 bits per heavy atom. The summed E-state index contributed by atoms with van der Waals surface area (Å²) >= 11 is 0. The third kappa shape index (κ3) is 6.95. The van der Waals surface area contributed by atoms with E-state index in [1.54, 1.807) is 43.3 Å². The van der Waals surface area contributed by atoms with Gasteiger partial charge in [0.1, 0.15) is 25.7 Å². The Kier molecular flexibility index (Phi) is 8.39. The summed E-state index contributed by atoms with van der Waals surface area (Å²) in [6.07, 6.45) is 2.44. The Hall–Kier alpha value is -5.37. The molecule has 49 heavy (non-hydrogen) atoms. The first kappa shape index (κ1) is 33.5. The SMILES string of the molecule is Cc1cc(N)ccc1N=Nc1ccc(/C=C/c2ccc(-n3nc4cc(S(=O)(=O)O)c5ccccc5c4n3)cc2S(=O)(=O)O)c(S(=O)(=O)O)c1. The minimum atomic E-state index is -4.88. The highest BCUT2D eigenvalue weighted by Gasteiger charge is 2.21. The van der Waals surface area contributed by atoms with Crippen LogP contribution in [0.2, 0.25) is 0 Å². The Balaban J connectivity index is 1.39. The van der Waals surface area contributed by atoms with E-state index in [1.807, 2.05) is 0 Å². The van der Waals surface area contributed by atoms with Gasteiger partial charge in [-0.25, -0.2) is 0 Å². The summed E-state index contributed by atoms with van der Waals surface area (Å²) in [5, 5.41) is 17.4. The molecule has 0 spiro atoms. The molecule has 0 bridgehead atoms. The zero-order valence-electron chi connectivity index (χ0n) is 25.1. The molecule has 250 valence electrons. The lowest BCUT2D eigenvalue weighted by molar-refractivity contribution is 0.480. The van der Waals surface area contributed by atoms with Gasteiger partial charge < -0.3 is 5.73 Å². The van der Waals surface area contributed by atoms with E-state index in [-0.39, 0.29) is 43.8 Å². The van der Waals surface area contributed by atoms with Crippen LogP contribution in [0.5, 0.6) is 0 Å². The van der Waals surface area contributed by atoms with Crippen molar-refractivity contribution in [1.82, 2.24) is 15.0 Å². The van der Waals surface area contributed by atoms with E-state index < -0.39 is 40.1 Å². The van der Waals surface area contributed by atoms with Crippen molar-refractivity contribution in [3.05, 3.63) is 102 Å². The molecule has 0 saturated carbocycles. The fourth-order valence-electron chi connectivity index (χ4n) is 5.08. The van der Waals surface area contributed by atoms with Crippen molar-refractivity contribution in [3.8, 4) is 5.69 Å². The number of nitrogens with two attached hydrogens (primary N) is 1. The smallest absolute Gasteiger partial charge is 0.295 e. The quantitative estimate of drug-likeness (QED) is 0.0632. The summed E-state index contributed by atoms with van der Waals surface area (Å²) in [5.41, 5.74) is 7.90. The van der Waals surface area contributed by atoms with Gasteiger partial charge in [-0.1, -0.05) is 48.6 Å². The van der Waals surface area contributed by atoms with Gasteiger partial charge in [0.15, 0.2) is 0 Å². The van der Waals surface area contributed by atoms with Crippen molar-refractivity contribution in [2.24, 2.45) is 10.2 Å². The Morgan fingerprint density at radius 3 is 1.92 bits per heavy atom. The van der Waals surface area contributed by atoms with Crippen LogP contribution in [-0.2, 0) is 30.4 Å². The standard InChI is InChI=1S/C31H24N6O9S3/c1-18-14-21(32)10-13-26(18)34-33-22-11-8-19(28(15-22)47(38,39)40)6-7-20-9-12-23(16-29(20)48(41,42)43)37-35-27-17-30(49(44,45)46)24-4-2-3-5-25(24)31(27)36-37/h2-17H,32H2,1H3,(H,38,39,40)(H,41,42,43)(H,44,45,46)/b7-6+,34-33?. The van der Waals surface area contributed by atoms with Gasteiger partial charge in [0.05, 0.1) is 17.1 Å². The summed E-state index contributed by atoms with van der Waals surface area (Å²) in [6.45, 7) is 1.77. The van der Waals surface area contributed by atoms with Gasteiger partial charge >= 0.3 is 0 Å². The molecule has 6 aromatic rings. The molecule has 1 aromatic heterocycles. The van der Waals surface area contributed by atoms with Crippen molar-refractivity contribution in [3.63, 3.8) is 0 Å². The van der Waals surface area contributed by atoms with Gasteiger partial charge in [0.25, 0.3) is 30.4 Å². The van der Waals surface area contributed by atoms with Gasteiger partial charge in [-0.15, -0.1) is 10.2 Å². The third-order valence-electron chi connectivity index (χ3n) is 7.35. The van der Waals surface area contributed by atoms with E-state index >= 15 is 0 Å². The third-order valence-corrected chi connectivity index (χ3v) is 10.1. The van der Waals surface area contributed by atoms with E-state index in [9.17, 15) is 38.9 Å². The highest BCUT2D eigenvalue weighted by atomic mass is 32.2. The summed E-state index contributed by atoms with van der Waals surface area (Å²) in [7, 11) is -14.3. The molecule has 15 nitrogen and oxygen atoms in total. The number of azo groups is 1. The van der Waals surface area contributed by atoms with Gasteiger partial charge in [-0.05, 0) is 72.1 Å². The zero-order chi connectivity index (χ0) is 35.3. The van der Waals surface area contributed by atoms with E-state index in [4.69, 9.17) is 5.73 Å². The number of benzene rings is 5. The van der Waals surface area contributed by atoms with E-state index in [2.05, 4.69) is 20.4 Å². The second-order valence-electron chi connectivity index (χ2n) is 10.7. The topological polar surface area (TPSA) is 245 Å². The van der Waals surface area contributed by atoms with Crippen molar-refractivity contribution >= 4 is 81.4 Å². The highest BCUT2D eigenvalue weighted by Crippen LogP contribution is 2.32. The van der Waals surface area contributed by atoms with Crippen LogP contribution in [0.3, 0.4) is 0 Å². The largest absolute Gasteiger partial charge is 0.399 e. The second-order valence-corrected chi connectivity index (χ2v) is 14.9. The Morgan fingerprint density at radius 1 is 0.673 bits per heavy atom. The van der Waals surface area contributed by atoms with Crippen LogP contribution in [-0.4, -0.2) is 53.9 Å². The number of hydrogen-bond acceptors (Lipinski definition) is 11. The lowest BCUT2D eigenvalue weighted by atomic mass is 10.1. The van der Waals surface area contributed by atoms with Gasteiger partial charge in [-0.3, -0.25) is 13.7 Å². The fourth-order valence-corrected chi connectivity index (χ4v) is 7.20. The Bertz CT molecular complexity index is 2730. The zero-order valence-corrected chi connectivity index (χ0v) is 27.5. The van der Waals surface area contributed by atoms with Crippen LogP contribution in [0, 0.1) is 6.92 Å². The van der Waals surface area contributed by atoms with Gasteiger partial charge in [0, 0.05) is 16.5 Å². The number of nitrogens with zero attached hydrogens (tertiary/aromatic N) is 5. The minimum Gasteiger partial charge on any atom is -0.399 e. The molecule has 6 rings (SSSR count). The van der Waals surface area contributed by atoms with Crippen LogP contribution in [0.25, 0.3) is 39.6 Å². The number of nitrogen functional groups attached to an aromatic ring is 1. The maximum absolute atomic E-state index is 12.5. The molecule has 0 radical (unpaired) electrons. The number of fused-ring (bicyclic) bond motifs is 3. The molecule has 0 saturated heterocycles. The van der Waals surface area contributed by atoms with Crippen LogP contribution in [0.15, 0.2) is 110 Å². The van der Waals surface area contributed by atoms with Crippen molar-refractivity contribution in [2.75, 3.05) is 5.73 Å². The lowest BCUT2D eigenvalue weighted by Gasteiger charge is -2.08. The molecular weight excluding hydrogens is 697 g/mol. The molecule has 5 aromatic carbocycles. The average Bonchev–Trinajstić information content (AvgIpc) is 3.47. The monoisotopic (exact) mass is 720 g/mol. The molecule has 1 heterocycles. The summed E-state index contributed by atoms with van der Waals surface area (Å²) in [6, 6.07) is 20.0. The molecule has 0 aliphatic carbocycles. The van der Waals surface area contributed by atoms with Gasteiger partial charge in [0.2, 0.25) is 0 Å². The second kappa shape index (κ2) is 12.3. The summed E-state index contributed by atoms with van der Waals surface area (Å²) in [4.78, 5) is -0.492. The van der Waals surface area contributed by atoms with E-state index in [0.29, 0.717) is 16.8 Å². The van der Waals surface area contributed by atoms with E-state index in [0.717, 1.165) is 28.6 Å². The lowest BCUT2D eigenvalue weighted by Crippen LogP contribution is -2.05. The fraction of sp³-hybridized carbons (Fsp3) is 0.0323. The van der Waals surface area contributed by atoms with Crippen LogP contribution in [0.1, 0.15) is 16.7 Å². The predicted octanol–water partition coefficient (Wildman–Crippen LogP) is 5.79. The highest BCUT2D eigenvalue weighted by molar-refractivity contribution is 7.86. The molecule has 0 unspecified atom stereocenters. The molecule has 0 atom stereocenters. The number of anilines is 1. The first-order valence-corrected chi connectivity index (χ1v) is 18.3. The summed E-state index contributed by atoms with van der Waals surface area (Å²) < 4.78 is 103. The van der Waals surface area contributed by atoms with Crippen molar-refractivity contribution < 1.29 is 38.9 Å².